The average molecular weight is 443 g/mol. The van der Waals surface area contributed by atoms with Crippen molar-refractivity contribution in [1.82, 2.24) is 4.90 Å². The molecule has 1 aliphatic rings. The lowest BCUT2D eigenvalue weighted by Crippen LogP contribution is -2.50. The fourth-order valence-electron chi connectivity index (χ4n) is 3.65. The van der Waals surface area contributed by atoms with Crippen LogP contribution in [-0.4, -0.2) is 48.3 Å². The molecule has 4 N–H and O–H groups in total. The summed E-state index contributed by atoms with van der Waals surface area (Å²) < 4.78 is 24.1. The molecule has 0 spiro atoms. The zero-order chi connectivity index (χ0) is 20.4. The topological polar surface area (TPSA) is 118 Å². The van der Waals surface area contributed by atoms with Gasteiger partial charge in [-0.15, -0.1) is 0 Å². The van der Waals surface area contributed by atoms with Crippen molar-refractivity contribution in [3.8, 4) is 0 Å². The Labute approximate surface area is 168 Å². The van der Waals surface area contributed by atoms with Crippen molar-refractivity contribution in [3.05, 3.63) is 71.8 Å². The number of hydrogen-bond acceptors (Lipinski definition) is 4. The van der Waals surface area contributed by atoms with E-state index < -0.39 is 26.8 Å². The molecule has 0 bridgehead atoms. The molecule has 2 unspecified atom stereocenters. The Balaban J connectivity index is 2.05. The van der Waals surface area contributed by atoms with Crippen LogP contribution < -0.4 is 0 Å². The molecule has 0 saturated carbocycles. The minimum atomic E-state index is -5.07. The molecule has 2 atom stereocenters. The molecule has 10 heteroatoms. The number of thioether (sulfide) groups is 1. The van der Waals surface area contributed by atoms with Gasteiger partial charge in [0.2, 0.25) is 5.52 Å². The van der Waals surface area contributed by atoms with Crippen LogP contribution in [-0.2, 0) is 15.6 Å². The van der Waals surface area contributed by atoms with Crippen molar-refractivity contribution in [2.75, 3.05) is 12.3 Å². The lowest BCUT2D eigenvalue weighted by Gasteiger charge is -2.45. The predicted molar refractivity (Wildman–Crippen MR) is 110 cm³/mol. The lowest BCUT2D eigenvalue weighted by molar-refractivity contribution is 0.169. The van der Waals surface area contributed by atoms with Gasteiger partial charge in [0.05, 0.1) is 0 Å². The van der Waals surface area contributed by atoms with E-state index in [9.17, 15) is 28.7 Å². The summed E-state index contributed by atoms with van der Waals surface area (Å²) in [6.45, 7) is 0.187. The van der Waals surface area contributed by atoms with Crippen LogP contribution in [0.2, 0.25) is 0 Å². The number of rotatable bonds is 6. The minimum Gasteiger partial charge on any atom is -0.323 e. The molecular formula is C18H23NO6P2S. The molecule has 3 rings (SSSR count). The molecule has 2 aromatic rings. The predicted octanol–water partition coefficient (Wildman–Crippen LogP) is 3.03. The Hall–Kier alpha value is -0.950. The van der Waals surface area contributed by atoms with Gasteiger partial charge in [0.15, 0.2) is 0 Å². The minimum absolute atomic E-state index is 0.171. The highest BCUT2D eigenvalue weighted by atomic mass is 32.2. The van der Waals surface area contributed by atoms with E-state index in [1.165, 1.54) is 4.90 Å². The summed E-state index contributed by atoms with van der Waals surface area (Å²) in [6.07, 6.45) is 0.421. The molecule has 1 fully saturated rings. The third-order valence-electron chi connectivity index (χ3n) is 4.74. The molecule has 0 amide bonds. The first-order chi connectivity index (χ1) is 13.2. The van der Waals surface area contributed by atoms with Crippen molar-refractivity contribution in [2.45, 2.75) is 23.2 Å². The van der Waals surface area contributed by atoms with E-state index >= 15 is 0 Å². The van der Waals surface area contributed by atoms with Gasteiger partial charge >= 0.3 is 15.2 Å². The van der Waals surface area contributed by atoms with E-state index in [-0.39, 0.29) is 11.8 Å². The van der Waals surface area contributed by atoms with Crippen LogP contribution in [0.1, 0.15) is 16.4 Å². The van der Waals surface area contributed by atoms with Crippen molar-refractivity contribution in [3.63, 3.8) is 0 Å². The third-order valence-corrected chi connectivity index (χ3v) is 9.70. The maximum atomic E-state index is 12.1. The second kappa shape index (κ2) is 8.82. The van der Waals surface area contributed by atoms with Gasteiger partial charge in [-0.3, -0.25) is 14.0 Å². The standard InChI is InChI=1S/C18H23NO6P2S/c20-26(21,22)18(27(23,24)25)19-11-12-28-17(15-9-5-2-6-10-15)16(19)13-14-7-3-1-4-8-14/h1-10,16-18H,11-13H2,(H2,20,21,22)(H2,23,24,25). The van der Waals surface area contributed by atoms with Crippen LogP contribution in [0.5, 0.6) is 0 Å². The number of benzene rings is 2. The van der Waals surface area contributed by atoms with Crippen LogP contribution in [0.4, 0.5) is 0 Å². The van der Waals surface area contributed by atoms with Gasteiger partial charge in [-0.05, 0) is 17.5 Å². The Morgan fingerprint density at radius 2 is 1.46 bits per heavy atom. The van der Waals surface area contributed by atoms with E-state index in [1.807, 2.05) is 60.7 Å². The van der Waals surface area contributed by atoms with Crippen LogP contribution >= 0.6 is 27.0 Å². The summed E-state index contributed by atoms with van der Waals surface area (Å²) in [6, 6.07) is 18.5. The van der Waals surface area contributed by atoms with Gasteiger partial charge in [-0.2, -0.15) is 11.8 Å². The van der Waals surface area contributed by atoms with E-state index in [0.717, 1.165) is 11.1 Å². The zero-order valence-electron chi connectivity index (χ0n) is 15.0. The average Bonchev–Trinajstić information content (AvgIpc) is 2.62. The van der Waals surface area contributed by atoms with Crippen LogP contribution in [0.3, 0.4) is 0 Å². The quantitative estimate of drug-likeness (QED) is 0.504. The highest BCUT2D eigenvalue weighted by Crippen LogP contribution is 2.63. The van der Waals surface area contributed by atoms with E-state index in [0.29, 0.717) is 12.2 Å². The summed E-state index contributed by atoms with van der Waals surface area (Å²) in [4.78, 5) is 40.4. The lowest BCUT2D eigenvalue weighted by atomic mass is 9.97. The summed E-state index contributed by atoms with van der Waals surface area (Å²) in [7, 11) is -10.1. The molecule has 0 aliphatic carbocycles. The smallest absolute Gasteiger partial charge is 0.323 e. The molecule has 1 heterocycles. The second-order valence-corrected chi connectivity index (χ2v) is 11.7. The van der Waals surface area contributed by atoms with E-state index in [1.54, 1.807) is 11.8 Å². The van der Waals surface area contributed by atoms with E-state index in [4.69, 9.17) is 0 Å². The molecule has 152 valence electrons. The first-order valence-corrected chi connectivity index (χ1v) is 13.2. The molecule has 1 saturated heterocycles. The van der Waals surface area contributed by atoms with Gasteiger partial charge < -0.3 is 19.6 Å². The first-order valence-electron chi connectivity index (χ1n) is 8.74. The third kappa shape index (κ3) is 5.15. The fourth-order valence-corrected chi connectivity index (χ4v) is 7.95. The van der Waals surface area contributed by atoms with Crippen LogP contribution in [0.15, 0.2) is 60.7 Å². The molecule has 0 radical (unpaired) electrons. The molecule has 0 aromatic heterocycles. The summed E-state index contributed by atoms with van der Waals surface area (Å²) >= 11 is 1.64. The Kier molecular flexibility index (Phi) is 6.85. The van der Waals surface area contributed by atoms with Crippen molar-refractivity contribution in [1.29, 1.82) is 0 Å². The van der Waals surface area contributed by atoms with Crippen molar-refractivity contribution in [2.24, 2.45) is 0 Å². The molecule has 28 heavy (non-hydrogen) atoms. The van der Waals surface area contributed by atoms with Crippen LogP contribution in [0.25, 0.3) is 0 Å². The van der Waals surface area contributed by atoms with Gasteiger partial charge in [0.1, 0.15) is 0 Å². The molecular weight excluding hydrogens is 420 g/mol. The SMILES string of the molecule is O=P(O)(O)C(N1CCSC(c2ccccc2)C1Cc1ccccc1)P(=O)(O)O. The Morgan fingerprint density at radius 1 is 0.929 bits per heavy atom. The maximum absolute atomic E-state index is 12.1. The maximum Gasteiger partial charge on any atom is 0.354 e. The zero-order valence-corrected chi connectivity index (χ0v) is 17.6. The van der Waals surface area contributed by atoms with Crippen LogP contribution in [0, 0.1) is 0 Å². The highest BCUT2D eigenvalue weighted by Gasteiger charge is 2.52. The van der Waals surface area contributed by atoms with Crippen molar-refractivity contribution < 1.29 is 28.7 Å². The summed E-state index contributed by atoms with van der Waals surface area (Å²) in [5, 5.41) is -0.171. The highest BCUT2D eigenvalue weighted by molar-refractivity contribution is 7.99. The fraction of sp³-hybridized carbons (Fsp3) is 0.333. The Morgan fingerprint density at radius 3 is 2.00 bits per heavy atom. The molecule has 1 aliphatic heterocycles. The second-order valence-electron chi connectivity index (χ2n) is 6.72. The Bertz CT molecular complexity index is 850. The van der Waals surface area contributed by atoms with Crippen molar-refractivity contribution >= 4 is 27.0 Å². The normalized spacial score (nSPS) is 21.8. The largest absolute Gasteiger partial charge is 0.354 e. The monoisotopic (exact) mass is 443 g/mol. The number of hydrogen-bond donors (Lipinski definition) is 4. The molecule has 2 aromatic carbocycles. The van der Waals surface area contributed by atoms with Gasteiger partial charge in [-0.25, -0.2) is 0 Å². The molecule has 7 nitrogen and oxygen atoms in total. The van der Waals surface area contributed by atoms with Gasteiger partial charge in [-0.1, -0.05) is 60.7 Å². The number of nitrogens with zero attached hydrogens (tertiary/aromatic N) is 1. The summed E-state index contributed by atoms with van der Waals surface area (Å²) in [5.74, 6) is 0.515. The first kappa shape index (κ1) is 21.8. The van der Waals surface area contributed by atoms with Gasteiger partial charge in [0, 0.05) is 23.6 Å². The summed E-state index contributed by atoms with van der Waals surface area (Å²) in [5.41, 5.74) is -0.231. The van der Waals surface area contributed by atoms with E-state index in [2.05, 4.69) is 0 Å². The van der Waals surface area contributed by atoms with Gasteiger partial charge in [0.25, 0.3) is 0 Å².